The fourth-order valence-corrected chi connectivity index (χ4v) is 4.25. The van der Waals surface area contributed by atoms with E-state index in [1.807, 2.05) is 27.7 Å². The SMILES string of the molecule is Cc1ccc(S(=O)(=O)N2CCC(NC(=O)[C@@H](N)C(C)(C)C)CC2)cc1. The molecule has 1 aliphatic rings. The van der Waals surface area contributed by atoms with Crippen LogP contribution in [0.25, 0.3) is 0 Å². The molecule has 0 saturated carbocycles. The van der Waals surface area contributed by atoms with Crippen LogP contribution >= 0.6 is 0 Å². The summed E-state index contributed by atoms with van der Waals surface area (Å²) in [5.41, 5.74) is 6.70. The molecule has 0 spiro atoms. The predicted molar refractivity (Wildman–Crippen MR) is 98.5 cm³/mol. The molecule has 0 unspecified atom stereocenters. The van der Waals surface area contributed by atoms with Crippen molar-refractivity contribution in [2.24, 2.45) is 11.1 Å². The first-order valence-electron chi connectivity index (χ1n) is 8.64. The molecule has 0 aliphatic carbocycles. The Bertz CT molecular complexity index is 700. The van der Waals surface area contributed by atoms with Gasteiger partial charge in [-0.25, -0.2) is 8.42 Å². The Morgan fingerprint density at radius 1 is 1.20 bits per heavy atom. The van der Waals surface area contributed by atoms with Crippen molar-refractivity contribution >= 4 is 15.9 Å². The molecule has 6 nitrogen and oxygen atoms in total. The number of nitrogens with two attached hydrogens (primary N) is 1. The Kier molecular flexibility index (Phi) is 5.91. The van der Waals surface area contributed by atoms with E-state index in [-0.39, 0.29) is 17.4 Å². The number of nitrogens with zero attached hydrogens (tertiary/aromatic N) is 1. The maximum atomic E-state index is 12.7. The van der Waals surface area contributed by atoms with Crippen molar-refractivity contribution in [2.45, 2.75) is 57.5 Å². The van der Waals surface area contributed by atoms with E-state index in [0.29, 0.717) is 30.8 Å². The van der Waals surface area contributed by atoms with Gasteiger partial charge in [0, 0.05) is 19.1 Å². The lowest BCUT2D eigenvalue weighted by atomic mass is 9.86. The highest BCUT2D eigenvalue weighted by Crippen LogP contribution is 2.22. The Morgan fingerprint density at radius 2 is 1.72 bits per heavy atom. The maximum Gasteiger partial charge on any atom is 0.243 e. The molecule has 7 heteroatoms. The highest BCUT2D eigenvalue weighted by molar-refractivity contribution is 7.89. The fraction of sp³-hybridized carbons (Fsp3) is 0.611. The molecule has 3 N–H and O–H groups in total. The molecule has 0 aromatic heterocycles. The van der Waals surface area contributed by atoms with E-state index >= 15 is 0 Å². The van der Waals surface area contributed by atoms with Gasteiger partial charge >= 0.3 is 0 Å². The third kappa shape index (κ3) is 4.80. The van der Waals surface area contributed by atoms with E-state index in [0.717, 1.165) is 5.56 Å². The van der Waals surface area contributed by atoms with Crippen molar-refractivity contribution in [3.05, 3.63) is 29.8 Å². The number of carbonyl (C=O) groups is 1. The lowest BCUT2D eigenvalue weighted by Crippen LogP contribution is -2.53. The molecule has 2 rings (SSSR count). The largest absolute Gasteiger partial charge is 0.352 e. The van der Waals surface area contributed by atoms with E-state index < -0.39 is 16.1 Å². The van der Waals surface area contributed by atoms with E-state index in [1.165, 1.54) is 4.31 Å². The molecular weight excluding hydrogens is 338 g/mol. The van der Waals surface area contributed by atoms with Gasteiger partial charge in [0.05, 0.1) is 10.9 Å². The molecule has 0 radical (unpaired) electrons. The summed E-state index contributed by atoms with van der Waals surface area (Å²) in [4.78, 5) is 12.5. The van der Waals surface area contributed by atoms with Crippen molar-refractivity contribution in [3.63, 3.8) is 0 Å². The summed E-state index contributed by atoms with van der Waals surface area (Å²) in [5, 5.41) is 2.96. The highest BCUT2D eigenvalue weighted by atomic mass is 32.2. The van der Waals surface area contributed by atoms with Crippen molar-refractivity contribution in [3.8, 4) is 0 Å². The number of piperidine rings is 1. The first kappa shape index (κ1) is 19.9. The quantitative estimate of drug-likeness (QED) is 0.846. The molecule has 1 atom stereocenters. The summed E-state index contributed by atoms with van der Waals surface area (Å²) in [6.45, 7) is 8.49. The zero-order chi connectivity index (χ0) is 18.8. The van der Waals surface area contributed by atoms with Gasteiger partial charge in [-0.1, -0.05) is 38.5 Å². The number of hydrogen-bond donors (Lipinski definition) is 2. The maximum absolute atomic E-state index is 12.7. The van der Waals surface area contributed by atoms with Gasteiger partial charge < -0.3 is 11.1 Å². The molecule has 1 aromatic carbocycles. The van der Waals surface area contributed by atoms with Gasteiger partial charge in [-0.2, -0.15) is 4.31 Å². The zero-order valence-corrected chi connectivity index (χ0v) is 16.3. The number of hydrogen-bond acceptors (Lipinski definition) is 4. The Morgan fingerprint density at radius 3 is 2.20 bits per heavy atom. The first-order valence-corrected chi connectivity index (χ1v) is 10.1. The zero-order valence-electron chi connectivity index (χ0n) is 15.5. The second-order valence-electron chi connectivity index (χ2n) is 7.84. The number of aryl methyl sites for hydroxylation is 1. The van der Waals surface area contributed by atoms with Crippen LogP contribution in [0.3, 0.4) is 0 Å². The van der Waals surface area contributed by atoms with Crippen LogP contribution in [0.5, 0.6) is 0 Å². The topological polar surface area (TPSA) is 92.5 Å². The highest BCUT2D eigenvalue weighted by Gasteiger charge is 2.32. The second-order valence-corrected chi connectivity index (χ2v) is 9.78. The van der Waals surface area contributed by atoms with E-state index in [1.54, 1.807) is 24.3 Å². The normalized spacial score (nSPS) is 18.8. The molecule has 0 bridgehead atoms. The number of sulfonamides is 1. The molecule has 1 amide bonds. The Balaban J connectivity index is 1.95. The molecule has 1 aliphatic heterocycles. The minimum atomic E-state index is -3.47. The van der Waals surface area contributed by atoms with Gasteiger partial charge in [0.1, 0.15) is 0 Å². The van der Waals surface area contributed by atoms with Crippen LogP contribution in [0, 0.1) is 12.3 Å². The first-order chi connectivity index (χ1) is 11.5. The Hall–Kier alpha value is -1.44. The molecule has 1 fully saturated rings. The van der Waals surface area contributed by atoms with Crippen LogP contribution in [0.15, 0.2) is 29.2 Å². The molecular formula is C18H29N3O3S. The molecule has 140 valence electrons. The summed E-state index contributed by atoms with van der Waals surface area (Å²) < 4.78 is 26.9. The second kappa shape index (κ2) is 7.43. The molecule has 1 saturated heterocycles. The summed E-state index contributed by atoms with van der Waals surface area (Å²) in [6, 6.07) is 6.26. The third-order valence-corrected chi connectivity index (χ3v) is 6.59. The van der Waals surface area contributed by atoms with Gasteiger partial charge in [-0.15, -0.1) is 0 Å². The predicted octanol–water partition coefficient (Wildman–Crippen LogP) is 1.64. The smallest absolute Gasteiger partial charge is 0.243 e. The number of rotatable bonds is 4. The summed E-state index contributed by atoms with van der Waals surface area (Å²) in [7, 11) is -3.47. The molecule has 1 heterocycles. The number of nitrogens with one attached hydrogen (secondary N) is 1. The standard InChI is InChI=1S/C18H29N3O3S/c1-13-5-7-15(8-6-13)25(23,24)21-11-9-14(10-12-21)20-17(22)16(19)18(2,3)4/h5-8,14,16H,9-12,19H2,1-4H3,(H,20,22)/t16-/m1/s1. The summed E-state index contributed by atoms with van der Waals surface area (Å²) in [5.74, 6) is -0.174. The van der Waals surface area contributed by atoms with E-state index in [2.05, 4.69) is 5.32 Å². The van der Waals surface area contributed by atoms with Crippen molar-refractivity contribution in [1.82, 2.24) is 9.62 Å². The molecule has 25 heavy (non-hydrogen) atoms. The van der Waals surface area contributed by atoms with Crippen molar-refractivity contribution < 1.29 is 13.2 Å². The number of benzene rings is 1. The van der Waals surface area contributed by atoms with Crippen LogP contribution < -0.4 is 11.1 Å². The number of amides is 1. The van der Waals surface area contributed by atoms with Gasteiger partial charge in [0.15, 0.2) is 0 Å². The average Bonchev–Trinajstić information content (AvgIpc) is 2.54. The van der Waals surface area contributed by atoms with Crippen LogP contribution in [-0.2, 0) is 14.8 Å². The van der Waals surface area contributed by atoms with Crippen LogP contribution in [0.1, 0.15) is 39.2 Å². The summed E-state index contributed by atoms with van der Waals surface area (Å²) >= 11 is 0. The van der Waals surface area contributed by atoms with E-state index in [9.17, 15) is 13.2 Å². The van der Waals surface area contributed by atoms with Crippen molar-refractivity contribution in [2.75, 3.05) is 13.1 Å². The lowest BCUT2D eigenvalue weighted by molar-refractivity contribution is -0.125. The van der Waals surface area contributed by atoms with Gasteiger partial charge in [-0.3, -0.25) is 4.79 Å². The van der Waals surface area contributed by atoms with Crippen molar-refractivity contribution in [1.29, 1.82) is 0 Å². The summed E-state index contributed by atoms with van der Waals surface area (Å²) in [6.07, 6.45) is 1.18. The van der Waals surface area contributed by atoms with Gasteiger partial charge in [0.2, 0.25) is 15.9 Å². The molecule has 1 aromatic rings. The third-order valence-electron chi connectivity index (χ3n) is 4.67. The van der Waals surface area contributed by atoms with Gasteiger partial charge in [-0.05, 0) is 37.3 Å². The van der Waals surface area contributed by atoms with Gasteiger partial charge in [0.25, 0.3) is 0 Å². The lowest BCUT2D eigenvalue weighted by Gasteiger charge is -2.33. The number of carbonyl (C=O) groups excluding carboxylic acids is 1. The average molecular weight is 368 g/mol. The van der Waals surface area contributed by atoms with Crippen LogP contribution in [-0.4, -0.2) is 43.8 Å². The minimum Gasteiger partial charge on any atom is -0.352 e. The van der Waals surface area contributed by atoms with Crippen LogP contribution in [0.2, 0.25) is 0 Å². The van der Waals surface area contributed by atoms with Crippen LogP contribution in [0.4, 0.5) is 0 Å². The Labute approximate surface area is 150 Å². The monoisotopic (exact) mass is 367 g/mol. The van der Waals surface area contributed by atoms with E-state index in [4.69, 9.17) is 5.73 Å². The minimum absolute atomic E-state index is 0.0367. The fourth-order valence-electron chi connectivity index (χ4n) is 2.78.